The summed E-state index contributed by atoms with van der Waals surface area (Å²) in [5, 5.41) is 0.781. The third-order valence-electron chi connectivity index (χ3n) is 3.45. The van der Waals surface area contributed by atoms with E-state index in [1.165, 1.54) is 5.56 Å². The summed E-state index contributed by atoms with van der Waals surface area (Å²) in [6, 6.07) is 8.39. The fraction of sp³-hybridized carbons (Fsp3) is 0.600. The van der Waals surface area contributed by atoms with Crippen molar-refractivity contribution in [2.45, 2.75) is 45.2 Å². The molecule has 2 unspecified atom stereocenters. The molecule has 0 spiro atoms. The lowest BCUT2D eigenvalue weighted by Gasteiger charge is -2.33. The number of likely N-dealkylation sites (N-methyl/N-ethyl adjacent to an activating group) is 1. The second kappa shape index (κ2) is 6.55. The van der Waals surface area contributed by atoms with Crippen LogP contribution in [0.2, 0.25) is 5.02 Å². The summed E-state index contributed by atoms with van der Waals surface area (Å²) < 4.78 is 0. The summed E-state index contributed by atoms with van der Waals surface area (Å²) in [5.41, 5.74) is 7.46. The third kappa shape index (κ3) is 4.60. The molecule has 0 aliphatic carbocycles. The lowest BCUT2D eigenvalue weighted by atomic mass is 9.95. The van der Waals surface area contributed by atoms with E-state index in [2.05, 4.69) is 44.9 Å². The van der Waals surface area contributed by atoms with Crippen molar-refractivity contribution in [1.82, 2.24) is 4.90 Å². The molecule has 0 aromatic heterocycles. The zero-order valence-electron chi connectivity index (χ0n) is 11.9. The first-order valence-corrected chi connectivity index (χ1v) is 6.98. The Morgan fingerprint density at radius 1 is 1.33 bits per heavy atom. The summed E-state index contributed by atoms with van der Waals surface area (Å²) in [4.78, 5) is 2.30. The van der Waals surface area contributed by atoms with Crippen LogP contribution in [0.3, 0.4) is 0 Å². The van der Waals surface area contributed by atoms with Gasteiger partial charge >= 0.3 is 0 Å². The largest absolute Gasteiger partial charge is 0.324 e. The van der Waals surface area contributed by atoms with Crippen LogP contribution >= 0.6 is 11.6 Å². The minimum Gasteiger partial charge on any atom is -0.324 e. The molecule has 0 bridgehead atoms. The van der Waals surface area contributed by atoms with Gasteiger partial charge in [-0.1, -0.05) is 37.1 Å². The Kier molecular flexibility index (Phi) is 5.64. The average molecular weight is 269 g/mol. The average Bonchev–Trinajstić information content (AvgIpc) is 2.28. The van der Waals surface area contributed by atoms with E-state index in [4.69, 9.17) is 17.3 Å². The van der Waals surface area contributed by atoms with Gasteiger partial charge in [0.15, 0.2) is 0 Å². The van der Waals surface area contributed by atoms with E-state index in [0.717, 1.165) is 24.4 Å². The maximum atomic E-state index is 6.31. The molecule has 3 heteroatoms. The van der Waals surface area contributed by atoms with Gasteiger partial charge < -0.3 is 5.73 Å². The van der Waals surface area contributed by atoms with Gasteiger partial charge in [0.25, 0.3) is 0 Å². The van der Waals surface area contributed by atoms with Crippen LogP contribution in [-0.2, 0) is 0 Å². The number of rotatable bonds is 6. The van der Waals surface area contributed by atoms with Crippen molar-refractivity contribution in [1.29, 1.82) is 0 Å². The number of hydrogen-bond donors (Lipinski definition) is 1. The fourth-order valence-corrected chi connectivity index (χ4v) is 2.48. The molecular weight excluding hydrogens is 244 g/mol. The van der Waals surface area contributed by atoms with E-state index in [-0.39, 0.29) is 5.54 Å². The lowest BCUT2D eigenvalue weighted by molar-refractivity contribution is 0.199. The molecule has 0 saturated heterocycles. The minimum absolute atomic E-state index is 0.121. The number of halogens is 1. The summed E-state index contributed by atoms with van der Waals surface area (Å²) in [6.07, 6.45) is 2.17. The van der Waals surface area contributed by atoms with Crippen molar-refractivity contribution < 1.29 is 0 Å². The topological polar surface area (TPSA) is 29.3 Å². The number of nitrogens with two attached hydrogens (primary N) is 1. The van der Waals surface area contributed by atoms with Crippen LogP contribution in [-0.4, -0.2) is 24.0 Å². The van der Waals surface area contributed by atoms with Gasteiger partial charge in [-0.2, -0.15) is 0 Å². The first-order chi connectivity index (χ1) is 8.35. The molecule has 2 nitrogen and oxygen atoms in total. The quantitative estimate of drug-likeness (QED) is 0.849. The Morgan fingerprint density at radius 3 is 2.39 bits per heavy atom. The van der Waals surface area contributed by atoms with E-state index in [1.807, 2.05) is 12.1 Å². The highest BCUT2D eigenvalue weighted by Gasteiger charge is 2.22. The summed E-state index contributed by atoms with van der Waals surface area (Å²) >= 11 is 5.91. The molecule has 0 amide bonds. The van der Waals surface area contributed by atoms with E-state index in [0.29, 0.717) is 6.04 Å². The normalized spacial score (nSPS) is 16.6. The zero-order chi connectivity index (χ0) is 13.8. The molecule has 1 rings (SSSR count). The molecule has 1 aromatic rings. The highest BCUT2D eigenvalue weighted by atomic mass is 35.5. The molecule has 1 aromatic carbocycles. The molecule has 0 saturated carbocycles. The van der Waals surface area contributed by atoms with Crippen molar-refractivity contribution in [2.24, 2.45) is 5.73 Å². The van der Waals surface area contributed by atoms with Crippen LogP contribution in [0.4, 0.5) is 0 Å². The highest BCUT2D eigenvalue weighted by Crippen LogP contribution is 2.22. The van der Waals surface area contributed by atoms with Gasteiger partial charge in [0.1, 0.15) is 0 Å². The van der Waals surface area contributed by atoms with E-state index >= 15 is 0 Å². The molecule has 0 radical (unpaired) electrons. The highest BCUT2D eigenvalue weighted by molar-refractivity contribution is 6.30. The van der Waals surface area contributed by atoms with Crippen molar-refractivity contribution in [3.63, 3.8) is 0 Å². The van der Waals surface area contributed by atoms with Crippen LogP contribution in [0.1, 0.15) is 45.2 Å². The van der Waals surface area contributed by atoms with Crippen molar-refractivity contribution in [3.8, 4) is 0 Å². The van der Waals surface area contributed by atoms with Crippen LogP contribution < -0.4 is 5.73 Å². The molecule has 2 N–H and O–H groups in total. The Bertz CT molecular complexity index is 359. The molecule has 2 atom stereocenters. The zero-order valence-corrected chi connectivity index (χ0v) is 12.7. The molecule has 0 heterocycles. The van der Waals surface area contributed by atoms with Gasteiger partial charge in [-0.25, -0.2) is 0 Å². The molecule has 18 heavy (non-hydrogen) atoms. The summed E-state index contributed by atoms with van der Waals surface area (Å²) in [6.45, 7) is 7.39. The van der Waals surface area contributed by atoms with Crippen molar-refractivity contribution in [2.75, 3.05) is 13.6 Å². The van der Waals surface area contributed by atoms with E-state index < -0.39 is 0 Å². The first-order valence-electron chi connectivity index (χ1n) is 6.60. The standard InChI is InChI=1S/C15H25ClN2/c1-5-10-15(3,17)11-18(4)12(2)13-6-8-14(16)9-7-13/h6-9,12H,5,10-11,17H2,1-4H3. The van der Waals surface area contributed by atoms with Gasteiger partial charge in [-0.3, -0.25) is 4.90 Å². The molecular formula is C15H25ClN2. The predicted octanol–water partition coefficient (Wildman–Crippen LogP) is 3.85. The van der Waals surface area contributed by atoms with E-state index in [1.54, 1.807) is 0 Å². The van der Waals surface area contributed by atoms with Gasteiger partial charge in [0.05, 0.1) is 0 Å². The predicted molar refractivity (Wildman–Crippen MR) is 80.0 cm³/mol. The smallest absolute Gasteiger partial charge is 0.0406 e. The van der Waals surface area contributed by atoms with Gasteiger partial charge in [0, 0.05) is 23.1 Å². The second-order valence-corrected chi connectivity index (χ2v) is 5.98. The molecule has 0 aliphatic heterocycles. The maximum absolute atomic E-state index is 6.31. The van der Waals surface area contributed by atoms with Crippen LogP contribution in [0.5, 0.6) is 0 Å². The monoisotopic (exact) mass is 268 g/mol. The number of benzene rings is 1. The van der Waals surface area contributed by atoms with Crippen LogP contribution in [0, 0.1) is 0 Å². The van der Waals surface area contributed by atoms with Gasteiger partial charge in [-0.15, -0.1) is 0 Å². The molecule has 0 aliphatic rings. The number of hydrogen-bond acceptors (Lipinski definition) is 2. The van der Waals surface area contributed by atoms with Gasteiger partial charge in [-0.05, 0) is 45.0 Å². The first kappa shape index (κ1) is 15.5. The summed E-state index contributed by atoms with van der Waals surface area (Å²) in [5.74, 6) is 0. The Morgan fingerprint density at radius 2 is 1.89 bits per heavy atom. The summed E-state index contributed by atoms with van der Waals surface area (Å²) in [7, 11) is 2.13. The van der Waals surface area contributed by atoms with Crippen molar-refractivity contribution in [3.05, 3.63) is 34.9 Å². The van der Waals surface area contributed by atoms with Crippen molar-refractivity contribution >= 4 is 11.6 Å². The fourth-order valence-electron chi connectivity index (χ4n) is 2.35. The molecule has 0 fully saturated rings. The van der Waals surface area contributed by atoms with Crippen LogP contribution in [0.25, 0.3) is 0 Å². The van der Waals surface area contributed by atoms with E-state index in [9.17, 15) is 0 Å². The van der Waals surface area contributed by atoms with Crippen LogP contribution in [0.15, 0.2) is 24.3 Å². The third-order valence-corrected chi connectivity index (χ3v) is 3.70. The Balaban J connectivity index is 2.66. The molecule has 102 valence electrons. The van der Waals surface area contributed by atoms with Gasteiger partial charge in [0.2, 0.25) is 0 Å². The second-order valence-electron chi connectivity index (χ2n) is 5.55. The Labute approximate surface area is 116 Å². The lowest BCUT2D eigenvalue weighted by Crippen LogP contribution is -2.47. The minimum atomic E-state index is -0.121. The number of nitrogens with zero attached hydrogens (tertiary/aromatic N) is 1. The maximum Gasteiger partial charge on any atom is 0.0406 e. The Hall–Kier alpha value is -0.570. The SMILES string of the molecule is CCCC(C)(N)CN(C)C(C)c1ccc(Cl)cc1.